The van der Waals surface area contributed by atoms with Gasteiger partial charge in [-0.25, -0.2) is 10.9 Å². The SMILES string of the molecule is C/C(=N\NC(=O)CCCC(=O)N/N=C(\C)C1CC2CCC1C2)C1CC2CCC1C2. The van der Waals surface area contributed by atoms with Gasteiger partial charge in [-0.1, -0.05) is 12.8 Å². The van der Waals surface area contributed by atoms with E-state index < -0.39 is 0 Å². The Bertz CT molecular complexity index is 643. The fraction of sp³-hybridized carbons (Fsp3) is 0.826. The topological polar surface area (TPSA) is 82.9 Å². The van der Waals surface area contributed by atoms with Gasteiger partial charge in [0.05, 0.1) is 0 Å². The molecular weight excluding hydrogens is 364 g/mol. The van der Waals surface area contributed by atoms with Crippen LogP contribution in [-0.2, 0) is 9.59 Å². The monoisotopic (exact) mass is 400 g/mol. The van der Waals surface area contributed by atoms with Crippen molar-refractivity contribution in [3.8, 4) is 0 Å². The number of nitrogens with zero attached hydrogens (tertiary/aromatic N) is 2. The predicted octanol–water partition coefficient (Wildman–Crippen LogP) is 4.01. The number of hydrogen-bond acceptors (Lipinski definition) is 4. The lowest BCUT2D eigenvalue weighted by Gasteiger charge is -2.21. The van der Waals surface area contributed by atoms with Crippen molar-refractivity contribution >= 4 is 23.2 Å². The average molecular weight is 401 g/mol. The Morgan fingerprint density at radius 1 is 0.724 bits per heavy atom. The van der Waals surface area contributed by atoms with Crippen LogP contribution in [0.5, 0.6) is 0 Å². The van der Waals surface area contributed by atoms with Gasteiger partial charge in [0.1, 0.15) is 0 Å². The molecule has 0 aromatic carbocycles. The van der Waals surface area contributed by atoms with Gasteiger partial charge in [0.2, 0.25) is 11.8 Å². The standard InChI is InChI=1S/C23H36N4O2/c1-14(20-12-16-6-8-18(20)10-16)24-26-22(28)4-3-5-23(29)27-25-15(2)21-13-17-7-9-19(21)11-17/h16-21H,3-13H2,1-2H3,(H,26,28)(H,27,29)/b24-14+,25-15+. The Kier molecular flexibility index (Phi) is 6.35. The molecule has 0 heterocycles. The highest BCUT2D eigenvalue weighted by molar-refractivity contribution is 5.88. The van der Waals surface area contributed by atoms with E-state index in [1.54, 1.807) is 0 Å². The van der Waals surface area contributed by atoms with Crippen LogP contribution in [0.1, 0.15) is 84.5 Å². The van der Waals surface area contributed by atoms with E-state index in [9.17, 15) is 9.59 Å². The van der Waals surface area contributed by atoms with E-state index in [0.29, 0.717) is 31.1 Å². The highest BCUT2D eigenvalue weighted by Gasteiger charge is 2.41. The molecule has 4 aliphatic rings. The Labute approximate surface area is 174 Å². The molecule has 6 unspecified atom stereocenters. The molecular formula is C23H36N4O2. The smallest absolute Gasteiger partial charge is 0.240 e. The molecule has 160 valence electrons. The van der Waals surface area contributed by atoms with Gasteiger partial charge in [-0.05, 0) is 82.5 Å². The summed E-state index contributed by atoms with van der Waals surface area (Å²) >= 11 is 0. The molecule has 6 nitrogen and oxygen atoms in total. The molecule has 6 heteroatoms. The molecule has 0 radical (unpaired) electrons. The summed E-state index contributed by atoms with van der Waals surface area (Å²) in [5, 5.41) is 8.68. The number of fused-ring (bicyclic) bond motifs is 4. The van der Waals surface area contributed by atoms with Crippen molar-refractivity contribution in [2.45, 2.75) is 84.5 Å². The molecule has 4 bridgehead atoms. The molecule has 4 saturated carbocycles. The Morgan fingerprint density at radius 2 is 1.17 bits per heavy atom. The minimum Gasteiger partial charge on any atom is -0.273 e. The first-order valence-electron chi connectivity index (χ1n) is 11.7. The second-order valence-corrected chi connectivity index (χ2v) is 9.99. The van der Waals surface area contributed by atoms with Crippen LogP contribution in [0.2, 0.25) is 0 Å². The van der Waals surface area contributed by atoms with Crippen LogP contribution in [0.3, 0.4) is 0 Å². The molecule has 0 aromatic rings. The van der Waals surface area contributed by atoms with Gasteiger partial charge in [0.15, 0.2) is 0 Å². The molecule has 0 aromatic heterocycles. The summed E-state index contributed by atoms with van der Waals surface area (Å²) in [6.07, 6.45) is 11.7. The second kappa shape index (κ2) is 8.97. The van der Waals surface area contributed by atoms with E-state index in [-0.39, 0.29) is 11.8 Å². The summed E-state index contributed by atoms with van der Waals surface area (Å²) in [6.45, 7) is 4.07. The zero-order chi connectivity index (χ0) is 20.4. The number of carbonyl (C=O) groups excluding carboxylic acids is 2. The first-order chi connectivity index (χ1) is 14.0. The van der Waals surface area contributed by atoms with E-state index >= 15 is 0 Å². The minimum absolute atomic E-state index is 0.109. The third-order valence-electron chi connectivity index (χ3n) is 8.07. The van der Waals surface area contributed by atoms with Crippen LogP contribution >= 0.6 is 0 Å². The van der Waals surface area contributed by atoms with Crippen molar-refractivity contribution in [1.29, 1.82) is 0 Å². The molecule has 29 heavy (non-hydrogen) atoms. The first-order valence-corrected chi connectivity index (χ1v) is 11.7. The van der Waals surface area contributed by atoms with E-state index in [2.05, 4.69) is 21.1 Å². The van der Waals surface area contributed by atoms with Crippen molar-refractivity contribution < 1.29 is 9.59 Å². The largest absolute Gasteiger partial charge is 0.273 e. The number of hydrogen-bond donors (Lipinski definition) is 2. The molecule has 0 saturated heterocycles. The third kappa shape index (κ3) is 4.89. The van der Waals surface area contributed by atoms with Crippen molar-refractivity contribution in [3.63, 3.8) is 0 Å². The van der Waals surface area contributed by atoms with Gasteiger partial charge in [-0.3, -0.25) is 9.59 Å². The van der Waals surface area contributed by atoms with E-state index in [0.717, 1.165) is 35.1 Å². The fourth-order valence-corrected chi connectivity index (χ4v) is 6.50. The van der Waals surface area contributed by atoms with Crippen molar-refractivity contribution in [3.05, 3.63) is 0 Å². The summed E-state index contributed by atoms with van der Waals surface area (Å²) in [7, 11) is 0. The lowest BCUT2D eigenvalue weighted by Crippen LogP contribution is -2.25. The molecule has 0 aliphatic heterocycles. The van der Waals surface area contributed by atoms with E-state index in [4.69, 9.17) is 0 Å². The highest BCUT2D eigenvalue weighted by Crippen LogP contribution is 2.49. The maximum atomic E-state index is 12.0. The number of amides is 2. The fourth-order valence-electron chi connectivity index (χ4n) is 6.50. The van der Waals surface area contributed by atoms with Gasteiger partial charge in [-0.2, -0.15) is 10.2 Å². The minimum atomic E-state index is -0.109. The second-order valence-electron chi connectivity index (χ2n) is 9.99. The Morgan fingerprint density at radius 3 is 1.52 bits per heavy atom. The summed E-state index contributed by atoms with van der Waals surface area (Å²) in [5.41, 5.74) is 7.50. The Balaban J connectivity index is 1.12. The zero-order valence-electron chi connectivity index (χ0n) is 18.0. The van der Waals surface area contributed by atoms with Crippen LogP contribution in [-0.4, -0.2) is 23.2 Å². The predicted molar refractivity (Wildman–Crippen MR) is 114 cm³/mol. The molecule has 4 aliphatic carbocycles. The maximum Gasteiger partial charge on any atom is 0.240 e. The van der Waals surface area contributed by atoms with Crippen LogP contribution in [0.15, 0.2) is 10.2 Å². The van der Waals surface area contributed by atoms with E-state index in [1.807, 2.05) is 13.8 Å². The number of nitrogens with one attached hydrogen (secondary N) is 2. The summed E-state index contributed by atoms with van der Waals surface area (Å²) in [5.74, 6) is 4.18. The number of hydrazone groups is 2. The van der Waals surface area contributed by atoms with Crippen LogP contribution in [0.25, 0.3) is 0 Å². The quantitative estimate of drug-likeness (QED) is 0.477. The molecule has 6 atom stereocenters. The number of carbonyl (C=O) groups is 2. The van der Waals surface area contributed by atoms with Crippen molar-refractivity contribution in [2.24, 2.45) is 45.7 Å². The van der Waals surface area contributed by atoms with Crippen LogP contribution in [0, 0.1) is 35.5 Å². The summed E-state index contributed by atoms with van der Waals surface area (Å²) < 4.78 is 0. The highest BCUT2D eigenvalue weighted by atomic mass is 16.2. The van der Waals surface area contributed by atoms with Gasteiger partial charge in [0.25, 0.3) is 0 Å². The third-order valence-corrected chi connectivity index (χ3v) is 8.07. The van der Waals surface area contributed by atoms with Crippen LogP contribution < -0.4 is 10.9 Å². The van der Waals surface area contributed by atoms with E-state index in [1.165, 1.54) is 51.4 Å². The average Bonchev–Trinajstić information content (AvgIpc) is 3.51. The molecule has 2 N–H and O–H groups in total. The number of rotatable bonds is 8. The van der Waals surface area contributed by atoms with Crippen molar-refractivity contribution in [2.75, 3.05) is 0 Å². The van der Waals surface area contributed by atoms with Gasteiger partial charge in [0, 0.05) is 36.1 Å². The molecule has 4 rings (SSSR count). The van der Waals surface area contributed by atoms with Crippen molar-refractivity contribution in [1.82, 2.24) is 10.9 Å². The maximum absolute atomic E-state index is 12.0. The zero-order valence-corrected chi connectivity index (χ0v) is 18.0. The lowest BCUT2D eigenvalue weighted by molar-refractivity contribution is -0.122. The van der Waals surface area contributed by atoms with Gasteiger partial charge >= 0.3 is 0 Å². The van der Waals surface area contributed by atoms with Gasteiger partial charge < -0.3 is 0 Å². The normalized spacial score (nSPS) is 35.9. The molecule has 2 amide bonds. The first kappa shape index (κ1) is 20.5. The lowest BCUT2D eigenvalue weighted by atomic mass is 9.86. The van der Waals surface area contributed by atoms with Crippen LogP contribution in [0.4, 0.5) is 0 Å². The Hall–Kier alpha value is -1.72. The molecule has 4 fully saturated rings. The van der Waals surface area contributed by atoms with Gasteiger partial charge in [-0.15, -0.1) is 0 Å². The summed E-state index contributed by atoms with van der Waals surface area (Å²) in [4.78, 5) is 24.1. The summed E-state index contributed by atoms with van der Waals surface area (Å²) in [6, 6.07) is 0. The molecule has 0 spiro atoms.